The molecule has 0 unspecified atom stereocenters. The monoisotopic (exact) mass is 532 g/mol. The quantitative estimate of drug-likeness (QED) is 0.268. The number of thiol groups is 1. The minimum Gasteiger partial charge on any atom is -0.196 e. The van der Waals surface area contributed by atoms with Crippen molar-refractivity contribution in [2.75, 3.05) is 0 Å². The Kier molecular flexibility index (Phi) is 6.82. The Hall–Kier alpha value is -0.930. The maximum Gasteiger partial charge on any atom is 0.460 e. The molecule has 0 aliphatic heterocycles. The zero-order valence-corrected chi connectivity index (χ0v) is 14.2. The minimum absolute atomic E-state index is 1.94. The predicted molar refractivity (Wildman–Crippen MR) is 59.7 cm³/mol. The molecule has 0 atom stereocenters. The lowest BCUT2D eigenvalue weighted by Gasteiger charge is -2.42. The van der Waals surface area contributed by atoms with E-state index in [1.54, 1.807) is 0 Å². The van der Waals surface area contributed by atoms with Crippen molar-refractivity contribution in [1.29, 1.82) is 0 Å². The van der Waals surface area contributed by atoms with Gasteiger partial charge in [0.2, 0.25) is 0 Å². The zero-order valence-electron chi connectivity index (χ0n) is 12.5. The standard InChI is InChI=1S/C8HF17O3S2/c9-1(10,3(13,14)5(17,18)7(21,22)23)2(11,12)4(15,16)6(19,20)8(24,25)30(26,27)28-29/h29H. The summed E-state index contributed by atoms with van der Waals surface area (Å²) in [5.74, 6) is -51.8. The average Bonchev–Trinajstić information content (AvgIpc) is 2.52. The molecule has 0 amide bonds. The van der Waals surface area contributed by atoms with Crippen molar-refractivity contribution in [3.05, 3.63) is 0 Å². The second kappa shape index (κ2) is 7.04. The highest BCUT2D eigenvalue weighted by molar-refractivity contribution is 7.96. The van der Waals surface area contributed by atoms with Crippen LogP contribution in [0.2, 0.25) is 0 Å². The number of hydrogen-bond acceptors (Lipinski definition) is 4. The predicted octanol–water partition coefficient (Wildman–Crippen LogP) is 5.14. The van der Waals surface area contributed by atoms with Crippen LogP contribution in [-0.4, -0.2) is 55.4 Å². The van der Waals surface area contributed by atoms with Gasteiger partial charge in [0.05, 0.1) is 0 Å². The third kappa shape index (κ3) is 3.35. The Morgan fingerprint density at radius 3 is 0.933 bits per heavy atom. The molecule has 0 aromatic heterocycles. The van der Waals surface area contributed by atoms with Crippen LogP contribution in [-0.2, 0) is 13.7 Å². The van der Waals surface area contributed by atoms with Crippen LogP contribution in [0.3, 0.4) is 0 Å². The van der Waals surface area contributed by atoms with Crippen LogP contribution < -0.4 is 0 Å². The van der Waals surface area contributed by atoms with Gasteiger partial charge in [-0.2, -0.15) is 86.7 Å². The Morgan fingerprint density at radius 1 is 0.467 bits per heavy atom. The van der Waals surface area contributed by atoms with E-state index in [9.17, 15) is 83.1 Å². The summed E-state index contributed by atoms with van der Waals surface area (Å²) in [6.45, 7) is 0. The van der Waals surface area contributed by atoms with Crippen LogP contribution in [0.4, 0.5) is 74.6 Å². The molecule has 0 radical (unpaired) electrons. The molecular weight excluding hydrogens is 531 g/mol. The second-order valence-electron chi connectivity index (χ2n) is 4.99. The van der Waals surface area contributed by atoms with Crippen molar-refractivity contribution in [3.63, 3.8) is 0 Å². The van der Waals surface area contributed by atoms with Gasteiger partial charge < -0.3 is 0 Å². The number of hydrogen-bond donors (Lipinski definition) is 1. The van der Waals surface area contributed by atoms with Crippen molar-refractivity contribution >= 4 is 23.0 Å². The molecule has 182 valence electrons. The molecule has 0 aromatic carbocycles. The fraction of sp³-hybridized carbons (Fsp3) is 1.00. The summed E-state index contributed by atoms with van der Waals surface area (Å²) in [4.78, 5) is 0. The van der Waals surface area contributed by atoms with Gasteiger partial charge in [-0.3, -0.25) is 0 Å². The van der Waals surface area contributed by atoms with Gasteiger partial charge in [0, 0.05) is 0 Å². The van der Waals surface area contributed by atoms with Crippen molar-refractivity contribution in [2.45, 2.75) is 47.0 Å². The van der Waals surface area contributed by atoms with E-state index >= 15 is 0 Å². The van der Waals surface area contributed by atoms with E-state index in [1.165, 1.54) is 0 Å². The van der Waals surface area contributed by atoms with E-state index in [4.69, 9.17) is 0 Å². The van der Waals surface area contributed by atoms with E-state index in [1.807, 2.05) is 12.9 Å². The highest BCUT2D eigenvalue weighted by Gasteiger charge is 2.96. The molecule has 30 heavy (non-hydrogen) atoms. The average molecular weight is 532 g/mol. The van der Waals surface area contributed by atoms with Gasteiger partial charge in [-0.25, -0.2) is 0 Å². The van der Waals surface area contributed by atoms with E-state index in [0.29, 0.717) is 0 Å². The molecule has 0 fully saturated rings. The molecular formula is C8HF17O3S2. The second-order valence-corrected chi connectivity index (χ2v) is 7.01. The molecule has 0 heterocycles. The third-order valence-corrected chi connectivity index (χ3v) is 4.77. The van der Waals surface area contributed by atoms with E-state index in [2.05, 4.69) is 3.63 Å². The Balaban J connectivity index is 6.93. The molecule has 0 spiro atoms. The summed E-state index contributed by atoms with van der Waals surface area (Å²) >= 11 is 1.94. The summed E-state index contributed by atoms with van der Waals surface area (Å²) < 4.78 is 241. The Bertz CT molecular complexity index is 751. The zero-order chi connectivity index (χ0) is 25.2. The van der Waals surface area contributed by atoms with Crippen LogP contribution in [0.5, 0.6) is 0 Å². The summed E-state index contributed by atoms with van der Waals surface area (Å²) in [5, 5.41) is -7.69. The highest BCUT2D eigenvalue weighted by Crippen LogP contribution is 2.64. The van der Waals surface area contributed by atoms with Gasteiger partial charge >= 0.3 is 57.1 Å². The highest BCUT2D eigenvalue weighted by atomic mass is 32.3. The van der Waals surface area contributed by atoms with Gasteiger partial charge in [0.25, 0.3) is 0 Å². The van der Waals surface area contributed by atoms with Gasteiger partial charge in [0.1, 0.15) is 0 Å². The first-order chi connectivity index (χ1) is 12.6. The first kappa shape index (κ1) is 29.1. The molecule has 0 aromatic rings. The van der Waals surface area contributed by atoms with Crippen molar-refractivity contribution in [3.8, 4) is 0 Å². The van der Waals surface area contributed by atoms with Crippen LogP contribution in [0.1, 0.15) is 0 Å². The molecule has 0 aliphatic rings. The maximum absolute atomic E-state index is 13.2. The van der Waals surface area contributed by atoms with Crippen LogP contribution in [0.15, 0.2) is 0 Å². The molecule has 0 N–H and O–H groups in total. The minimum atomic E-state index is -8.86. The van der Waals surface area contributed by atoms with Crippen LogP contribution >= 0.6 is 12.9 Å². The van der Waals surface area contributed by atoms with Crippen molar-refractivity contribution in [2.24, 2.45) is 0 Å². The summed E-state index contributed by atoms with van der Waals surface area (Å²) in [5.41, 5.74) is 0. The van der Waals surface area contributed by atoms with Gasteiger partial charge in [-0.15, -0.1) is 0 Å². The lowest BCUT2D eigenvalue weighted by molar-refractivity contribution is -0.458. The summed E-state index contributed by atoms with van der Waals surface area (Å²) in [6, 6.07) is 0. The molecule has 0 rings (SSSR count). The summed E-state index contributed by atoms with van der Waals surface area (Å²) in [7, 11) is -7.52. The third-order valence-electron chi connectivity index (χ3n) is 3.11. The molecule has 0 saturated heterocycles. The molecule has 0 aliphatic carbocycles. The molecule has 0 saturated carbocycles. The topological polar surface area (TPSA) is 43.4 Å². The fourth-order valence-electron chi connectivity index (χ4n) is 1.35. The smallest absolute Gasteiger partial charge is 0.196 e. The number of rotatable bonds is 8. The molecule has 0 bridgehead atoms. The number of alkyl halides is 17. The fourth-order valence-corrected chi connectivity index (χ4v) is 2.17. The maximum atomic E-state index is 13.2. The number of halogens is 17. The van der Waals surface area contributed by atoms with Crippen molar-refractivity contribution < 1.29 is 86.7 Å². The molecule has 3 nitrogen and oxygen atoms in total. The first-order valence-corrected chi connectivity index (χ1v) is 7.62. The SMILES string of the molecule is O=S(=O)(OS)C(F)(F)C(F)(F)C(F)(F)C(F)(F)C(F)(F)C(F)(F)C(F)(F)C(F)(F)F. The van der Waals surface area contributed by atoms with Crippen LogP contribution in [0, 0.1) is 0 Å². The van der Waals surface area contributed by atoms with Gasteiger partial charge in [0.15, 0.2) is 0 Å². The van der Waals surface area contributed by atoms with Gasteiger partial charge in [-0.1, -0.05) is 0 Å². The lowest BCUT2D eigenvalue weighted by Crippen LogP contribution is -2.75. The van der Waals surface area contributed by atoms with E-state index < -0.39 is 57.1 Å². The first-order valence-electron chi connectivity index (χ1n) is 5.85. The lowest BCUT2D eigenvalue weighted by atomic mass is 9.91. The largest absolute Gasteiger partial charge is 0.460 e. The Labute approximate surface area is 157 Å². The van der Waals surface area contributed by atoms with E-state index in [0.717, 1.165) is 0 Å². The molecule has 22 heteroatoms. The van der Waals surface area contributed by atoms with Gasteiger partial charge in [-0.05, 0) is 12.9 Å². The van der Waals surface area contributed by atoms with Crippen LogP contribution in [0.25, 0.3) is 0 Å². The van der Waals surface area contributed by atoms with E-state index in [-0.39, 0.29) is 0 Å². The summed E-state index contributed by atoms with van der Waals surface area (Å²) in [6.07, 6.45) is -7.87. The normalized spacial score (nSPS) is 16.7. The Morgan fingerprint density at radius 2 is 0.700 bits per heavy atom. The van der Waals surface area contributed by atoms with Crippen molar-refractivity contribution in [1.82, 2.24) is 0 Å².